The summed E-state index contributed by atoms with van der Waals surface area (Å²) in [5.41, 5.74) is 0. The number of nitrogens with zero attached hydrogens (tertiary/aromatic N) is 1. The molecule has 17 N–H and O–H groups in total. The van der Waals surface area contributed by atoms with Gasteiger partial charge >= 0.3 is 10.4 Å². The summed E-state index contributed by atoms with van der Waals surface area (Å²) in [6.45, 7) is 1.45. The highest BCUT2D eigenvalue weighted by molar-refractivity contribution is 7.80. The Kier molecular flexibility index (Phi) is 25.8. The van der Waals surface area contributed by atoms with E-state index in [-0.39, 0.29) is 0 Å². The van der Waals surface area contributed by atoms with E-state index in [9.17, 15) is 98.2 Å². The van der Waals surface area contributed by atoms with Crippen molar-refractivity contribution in [1.29, 1.82) is 0 Å². The van der Waals surface area contributed by atoms with Crippen molar-refractivity contribution in [2.75, 3.05) is 47.2 Å². The number of carbonyl (C=O) groups is 5. The van der Waals surface area contributed by atoms with Gasteiger partial charge in [0, 0.05) is 48.8 Å². The molecule has 6 aliphatic rings. The van der Waals surface area contributed by atoms with Crippen LogP contribution in [0.25, 0.3) is 0 Å². The second-order valence-corrected chi connectivity index (χ2v) is 22.7. The molecule has 0 aliphatic carbocycles. The number of ether oxygens (including phenoxy) is 12. The summed E-state index contributed by atoms with van der Waals surface area (Å²) < 4.78 is 109. The molecule has 0 bridgehead atoms. The minimum Gasteiger partial charge on any atom is -0.394 e. The predicted octanol–water partition coefficient (Wildman–Crippen LogP) is -11.5. The SMILES string of the molecule is COC1C(O)C(C)OC(OCC2OC(O)C(NC(C)=O)C(O)C2OC2OC(COS(=O)(=O)O)C(OC3OC(CO)C(OC4OC(CO)C(OC5OC(CO)C(O)C(O)C5N(C)C(C)=O)C(O)C4NC(C)=O)C(O)C3NC(C)=O)C(O)C2NC(C)=O)C1O. The van der Waals surface area contributed by atoms with Crippen LogP contribution in [0.5, 0.6) is 0 Å². The normalized spacial score (nSPS) is 43.6. The standard InChI is InChI=1S/C48H81N5O33S/c1-14-30(62)42(74-8)37(69)48(77-14)75-12-23-40(32(64)25(43(70)78-23)49-15(2)57)84-46-28(52-18(5)60)35(67)41(24(82-46)13-76-87(71,72)73)85-45-26(50-16(3)58)33(65)38(21(10-55)80-45)83-44-27(51-17(4)59)34(66)39(22(11-56)81-44)86-47-29(53(7)19(6)61)36(68)31(63)20(9-54)79-47/h14,20-48,54-56,62-70H,9-13H2,1-8H3,(H,49,57)(H,50,58)(H,51,59)(H,52,60)(H,71,72,73). The van der Waals surface area contributed by atoms with E-state index >= 15 is 0 Å². The lowest BCUT2D eigenvalue weighted by Gasteiger charge is -2.51. The number of hydrogen-bond donors (Lipinski definition) is 17. The van der Waals surface area contributed by atoms with Gasteiger partial charge in [0.25, 0.3) is 0 Å². The van der Waals surface area contributed by atoms with Crippen LogP contribution in [0, 0.1) is 0 Å². The molecule has 502 valence electrons. The summed E-state index contributed by atoms with van der Waals surface area (Å²) in [6.07, 6.45) is -45.2. The maximum atomic E-state index is 12.9. The number of likely N-dealkylation sites (N-methyl/N-ethyl adjacent to an activating group) is 1. The fourth-order valence-electron chi connectivity index (χ4n) is 11.0. The summed E-state index contributed by atoms with van der Waals surface area (Å²) in [5, 5.41) is 143. The first-order valence-corrected chi connectivity index (χ1v) is 28.7. The summed E-state index contributed by atoms with van der Waals surface area (Å²) in [7, 11) is -2.98. The van der Waals surface area contributed by atoms with E-state index in [1.54, 1.807) is 0 Å². The van der Waals surface area contributed by atoms with Gasteiger partial charge in [0.05, 0.1) is 39.1 Å². The number of carbonyl (C=O) groups excluding carboxylic acids is 5. The molecule has 5 amide bonds. The Labute approximate surface area is 496 Å². The highest BCUT2D eigenvalue weighted by Gasteiger charge is 2.59. The maximum Gasteiger partial charge on any atom is 0.397 e. The fraction of sp³-hybridized carbons (Fsp3) is 0.896. The molecule has 6 aliphatic heterocycles. The maximum absolute atomic E-state index is 12.9. The molecule has 38 nitrogen and oxygen atoms in total. The Hall–Kier alpha value is -3.74. The van der Waals surface area contributed by atoms with E-state index in [0.717, 1.165) is 39.5 Å². The molecule has 0 aromatic rings. The monoisotopic (exact) mass is 1290 g/mol. The fourth-order valence-corrected chi connectivity index (χ4v) is 11.3. The van der Waals surface area contributed by atoms with Crippen LogP contribution in [-0.2, 0) is 95.4 Å². The minimum absolute atomic E-state index is 0.658. The average molecular weight is 1290 g/mol. The number of hydrogen-bond acceptors (Lipinski definition) is 32. The van der Waals surface area contributed by atoms with Gasteiger partial charge in [-0.25, -0.2) is 4.18 Å². The second-order valence-electron chi connectivity index (χ2n) is 21.6. The molecule has 0 radical (unpaired) electrons. The Morgan fingerprint density at radius 3 is 1.24 bits per heavy atom. The highest BCUT2D eigenvalue weighted by Crippen LogP contribution is 2.37. The number of aliphatic hydroxyl groups excluding tert-OH is 12. The molecular weight excluding hydrogens is 1210 g/mol. The molecule has 30 unspecified atom stereocenters. The largest absolute Gasteiger partial charge is 0.397 e. The van der Waals surface area contributed by atoms with Gasteiger partial charge in [-0.1, -0.05) is 0 Å². The van der Waals surface area contributed by atoms with Gasteiger partial charge in [0.1, 0.15) is 140 Å². The van der Waals surface area contributed by atoms with Crippen LogP contribution >= 0.6 is 0 Å². The lowest BCUT2D eigenvalue weighted by atomic mass is 9.92. The summed E-state index contributed by atoms with van der Waals surface area (Å²) in [6, 6.07) is -8.79. The Balaban J connectivity index is 1.30. The Morgan fingerprint density at radius 2 is 0.839 bits per heavy atom. The molecule has 0 aromatic carbocycles. The first-order valence-electron chi connectivity index (χ1n) is 27.3. The number of aliphatic hydroxyl groups is 12. The van der Waals surface area contributed by atoms with Crippen LogP contribution in [0.1, 0.15) is 41.5 Å². The molecule has 6 saturated heterocycles. The summed E-state index contributed by atoms with van der Waals surface area (Å²) >= 11 is 0. The van der Waals surface area contributed by atoms with Crippen LogP contribution in [-0.4, -0.2) is 340 Å². The van der Waals surface area contributed by atoms with Crippen molar-refractivity contribution < 1.29 is 159 Å². The van der Waals surface area contributed by atoms with Crippen molar-refractivity contribution >= 4 is 39.9 Å². The Bertz CT molecular complexity index is 2410. The average Bonchev–Trinajstić information content (AvgIpc) is 1.86. The van der Waals surface area contributed by atoms with Crippen molar-refractivity contribution in [2.24, 2.45) is 0 Å². The van der Waals surface area contributed by atoms with Gasteiger partial charge in [-0.15, -0.1) is 0 Å². The molecule has 87 heavy (non-hydrogen) atoms. The van der Waals surface area contributed by atoms with Crippen LogP contribution < -0.4 is 21.3 Å². The quantitative estimate of drug-likeness (QED) is 0.0422. The zero-order valence-electron chi connectivity index (χ0n) is 48.2. The van der Waals surface area contributed by atoms with Gasteiger partial charge in [-0.2, -0.15) is 8.42 Å². The molecule has 6 fully saturated rings. The van der Waals surface area contributed by atoms with Crippen LogP contribution in [0.2, 0.25) is 0 Å². The van der Waals surface area contributed by atoms with Gasteiger partial charge in [-0.3, -0.25) is 28.5 Å². The van der Waals surface area contributed by atoms with E-state index in [1.165, 1.54) is 21.1 Å². The topological polar surface area (TPSA) is 554 Å². The van der Waals surface area contributed by atoms with Crippen molar-refractivity contribution in [1.82, 2.24) is 26.2 Å². The molecule has 0 aromatic heterocycles. The minimum atomic E-state index is -5.41. The van der Waals surface area contributed by atoms with E-state index in [0.29, 0.717) is 0 Å². The van der Waals surface area contributed by atoms with Gasteiger partial charge < -0.3 is 144 Å². The molecule has 0 saturated carbocycles. The third kappa shape index (κ3) is 17.3. The van der Waals surface area contributed by atoms with Crippen molar-refractivity contribution in [3.8, 4) is 0 Å². The van der Waals surface area contributed by atoms with Crippen molar-refractivity contribution in [2.45, 2.75) is 225 Å². The van der Waals surface area contributed by atoms with Crippen molar-refractivity contribution in [3.05, 3.63) is 0 Å². The first-order chi connectivity index (χ1) is 40.8. The third-order valence-electron chi connectivity index (χ3n) is 15.4. The zero-order chi connectivity index (χ0) is 64.8. The van der Waals surface area contributed by atoms with Crippen molar-refractivity contribution in [3.63, 3.8) is 0 Å². The van der Waals surface area contributed by atoms with Gasteiger partial charge in [0.2, 0.25) is 29.5 Å². The summed E-state index contributed by atoms with van der Waals surface area (Å²) in [5.74, 6) is -4.13. The first kappa shape index (κ1) is 72.3. The molecule has 6 rings (SSSR count). The predicted molar refractivity (Wildman–Crippen MR) is 276 cm³/mol. The number of rotatable bonds is 23. The Morgan fingerprint density at radius 1 is 0.460 bits per heavy atom. The lowest BCUT2D eigenvalue weighted by Crippen LogP contribution is -2.72. The van der Waals surface area contributed by atoms with Crippen LogP contribution in [0.15, 0.2) is 0 Å². The van der Waals surface area contributed by atoms with Crippen LogP contribution in [0.3, 0.4) is 0 Å². The molecule has 0 spiro atoms. The van der Waals surface area contributed by atoms with E-state index in [2.05, 4.69) is 25.5 Å². The molecule has 30 atom stereocenters. The van der Waals surface area contributed by atoms with Gasteiger partial charge in [-0.05, 0) is 6.92 Å². The van der Waals surface area contributed by atoms with Crippen LogP contribution in [0.4, 0.5) is 0 Å². The molecule has 39 heteroatoms. The number of amides is 5. The zero-order valence-corrected chi connectivity index (χ0v) is 49.0. The second kappa shape index (κ2) is 31.1. The third-order valence-corrected chi connectivity index (χ3v) is 15.8. The smallest absolute Gasteiger partial charge is 0.394 e. The van der Waals surface area contributed by atoms with E-state index in [4.69, 9.17) is 56.8 Å². The van der Waals surface area contributed by atoms with Gasteiger partial charge in [0.15, 0.2) is 37.7 Å². The summed E-state index contributed by atoms with van der Waals surface area (Å²) in [4.78, 5) is 64.3. The van der Waals surface area contributed by atoms with E-state index < -0.39 is 257 Å². The highest BCUT2D eigenvalue weighted by atomic mass is 32.3. The number of methoxy groups -OCH3 is 1. The molecular formula is C48H81N5O33S. The number of nitrogens with one attached hydrogen (secondary N) is 4. The molecule has 6 heterocycles. The van der Waals surface area contributed by atoms with E-state index in [1.807, 2.05) is 0 Å². The lowest BCUT2D eigenvalue weighted by molar-refractivity contribution is -0.369.